The Bertz CT molecular complexity index is 1830. The van der Waals surface area contributed by atoms with Gasteiger partial charge in [0.25, 0.3) is 0 Å². The third-order valence-electron chi connectivity index (χ3n) is 8.18. The molecule has 0 saturated carbocycles. The van der Waals surface area contributed by atoms with Crippen LogP contribution in [0, 0.1) is 5.82 Å². The quantitative estimate of drug-likeness (QED) is 0.239. The number of aromatic nitrogens is 4. The maximum Gasteiger partial charge on any atom is 0.355 e. The number of aliphatic hydroxyl groups is 1. The smallest absolute Gasteiger partial charge is 0.355 e. The first-order valence-corrected chi connectivity index (χ1v) is 16.0. The molecule has 4 N–H and O–H groups in total. The van der Waals surface area contributed by atoms with Crippen molar-refractivity contribution < 1.29 is 28.6 Å². The van der Waals surface area contributed by atoms with Gasteiger partial charge in [0.05, 0.1) is 28.2 Å². The van der Waals surface area contributed by atoms with Gasteiger partial charge in [-0.15, -0.1) is 0 Å². The summed E-state index contributed by atoms with van der Waals surface area (Å²) in [7, 11) is 0. The van der Waals surface area contributed by atoms with Crippen LogP contribution in [0.2, 0.25) is 0 Å². The van der Waals surface area contributed by atoms with Crippen molar-refractivity contribution in [2.75, 3.05) is 30.3 Å². The zero-order valence-electron chi connectivity index (χ0n) is 28.0. The van der Waals surface area contributed by atoms with Gasteiger partial charge in [0.15, 0.2) is 5.78 Å². The molecule has 3 heterocycles. The number of ketones is 1. The van der Waals surface area contributed by atoms with Gasteiger partial charge in [-0.1, -0.05) is 39.3 Å². The summed E-state index contributed by atoms with van der Waals surface area (Å²) < 4.78 is 31.9. The van der Waals surface area contributed by atoms with Crippen molar-refractivity contribution in [1.82, 2.24) is 24.4 Å². The SMILES string of the molecule is C=C(c1c(O)cccc1F)[C@@H](O)/C(F)=C\c1c(N2CCN(C(=O)/C=C/C(C)=O)C[C@@H]2C)nc(=O)n(-c2c(CCC)ncnc2CCC)c1N. The van der Waals surface area contributed by atoms with Crippen molar-refractivity contribution in [3.05, 3.63) is 87.9 Å². The average Bonchev–Trinajstić information content (AvgIpc) is 3.05. The molecule has 3 aromatic rings. The molecule has 49 heavy (non-hydrogen) atoms. The third kappa shape index (κ3) is 7.91. The van der Waals surface area contributed by atoms with Gasteiger partial charge in [0, 0.05) is 31.8 Å². The van der Waals surface area contributed by atoms with Gasteiger partial charge in [-0.3, -0.25) is 9.59 Å². The van der Waals surface area contributed by atoms with Crippen molar-refractivity contribution in [2.45, 2.75) is 65.5 Å². The highest BCUT2D eigenvalue weighted by Gasteiger charge is 2.32. The molecular formula is C35H41F2N7O5. The summed E-state index contributed by atoms with van der Waals surface area (Å²) in [5.74, 6) is -3.53. The number of rotatable bonds is 12. The normalized spacial score (nSPS) is 15.9. The summed E-state index contributed by atoms with van der Waals surface area (Å²) >= 11 is 0. The van der Waals surface area contributed by atoms with Crippen LogP contribution in [0.25, 0.3) is 17.3 Å². The van der Waals surface area contributed by atoms with E-state index in [4.69, 9.17) is 5.73 Å². The summed E-state index contributed by atoms with van der Waals surface area (Å²) in [4.78, 5) is 54.4. The number of halogens is 2. The molecule has 1 aromatic carbocycles. The van der Waals surface area contributed by atoms with E-state index in [9.17, 15) is 29.0 Å². The molecule has 1 amide bonds. The van der Waals surface area contributed by atoms with E-state index in [1.165, 1.54) is 42.4 Å². The van der Waals surface area contributed by atoms with E-state index in [1.54, 1.807) is 11.8 Å². The number of benzene rings is 1. The molecule has 0 bridgehead atoms. The maximum absolute atomic E-state index is 16.1. The molecule has 260 valence electrons. The van der Waals surface area contributed by atoms with Gasteiger partial charge in [-0.05, 0) is 56.5 Å². The fourth-order valence-corrected chi connectivity index (χ4v) is 5.78. The molecule has 1 fully saturated rings. The number of nitrogens with zero attached hydrogens (tertiary/aromatic N) is 6. The second kappa shape index (κ2) is 15.8. The van der Waals surface area contributed by atoms with E-state index < -0.39 is 46.4 Å². The van der Waals surface area contributed by atoms with Crippen molar-refractivity contribution in [2.24, 2.45) is 0 Å². The number of amides is 1. The molecular weight excluding hydrogens is 636 g/mol. The van der Waals surface area contributed by atoms with Crippen LogP contribution in [-0.4, -0.2) is 78.1 Å². The zero-order chi connectivity index (χ0) is 36.0. The number of phenols is 1. The van der Waals surface area contributed by atoms with Crippen LogP contribution in [0.5, 0.6) is 5.75 Å². The Morgan fingerprint density at radius 2 is 1.80 bits per heavy atom. The number of piperazine rings is 1. The van der Waals surface area contributed by atoms with E-state index in [2.05, 4.69) is 21.5 Å². The number of allylic oxidation sites excluding steroid dienone is 1. The van der Waals surface area contributed by atoms with E-state index in [0.717, 1.165) is 16.7 Å². The average molecular weight is 678 g/mol. The van der Waals surface area contributed by atoms with E-state index in [1.807, 2.05) is 13.8 Å². The molecule has 14 heteroatoms. The molecule has 12 nitrogen and oxygen atoms in total. The van der Waals surface area contributed by atoms with Crippen LogP contribution in [0.1, 0.15) is 63.1 Å². The Morgan fingerprint density at radius 3 is 2.37 bits per heavy atom. The lowest BCUT2D eigenvalue weighted by Crippen LogP contribution is -2.54. The highest BCUT2D eigenvalue weighted by molar-refractivity contribution is 5.96. The van der Waals surface area contributed by atoms with Crippen LogP contribution < -0.4 is 16.3 Å². The molecule has 1 aliphatic heterocycles. The number of hydrogen-bond acceptors (Lipinski definition) is 10. The van der Waals surface area contributed by atoms with Crippen molar-refractivity contribution >= 4 is 35.0 Å². The van der Waals surface area contributed by atoms with Gasteiger partial charge >= 0.3 is 5.69 Å². The summed E-state index contributed by atoms with van der Waals surface area (Å²) in [5.41, 5.74) is 6.42. The van der Waals surface area contributed by atoms with Crippen molar-refractivity contribution in [3.8, 4) is 11.4 Å². The van der Waals surface area contributed by atoms with Crippen molar-refractivity contribution in [1.29, 1.82) is 0 Å². The third-order valence-corrected chi connectivity index (χ3v) is 8.18. The number of aliphatic hydroxyl groups excluding tert-OH is 1. The van der Waals surface area contributed by atoms with Crippen LogP contribution in [0.4, 0.5) is 20.4 Å². The molecule has 0 spiro atoms. The largest absolute Gasteiger partial charge is 0.507 e. The number of nitrogen functional groups attached to an aromatic ring is 1. The van der Waals surface area contributed by atoms with E-state index in [-0.39, 0.29) is 48.5 Å². The summed E-state index contributed by atoms with van der Waals surface area (Å²) in [6, 6.07) is 3.01. The first-order valence-electron chi connectivity index (χ1n) is 16.0. The Hall–Kier alpha value is -5.24. The first-order chi connectivity index (χ1) is 23.3. The Morgan fingerprint density at radius 1 is 1.14 bits per heavy atom. The minimum Gasteiger partial charge on any atom is -0.507 e. The molecule has 0 unspecified atom stereocenters. The second-order valence-corrected chi connectivity index (χ2v) is 11.8. The number of phenolic OH excluding ortho intramolecular Hbond substituents is 1. The minimum atomic E-state index is -2.11. The topological polar surface area (TPSA) is 168 Å². The lowest BCUT2D eigenvalue weighted by atomic mass is 9.99. The Balaban J connectivity index is 1.90. The van der Waals surface area contributed by atoms with Crippen LogP contribution in [0.15, 0.2) is 53.9 Å². The van der Waals surface area contributed by atoms with Crippen LogP contribution >= 0.6 is 0 Å². The first kappa shape index (κ1) is 36.6. The lowest BCUT2D eigenvalue weighted by molar-refractivity contribution is -0.127. The van der Waals surface area contributed by atoms with Crippen molar-refractivity contribution in [3.63, 3.8) is 0 Å². The number of carbonyl (C=O) groups is 2. The monoisotopic (exact) mass is 677 g/mol. The number of aryl methyl sites for hydroxylation is 2. The van der Waals surface area contributed by atoms with E-state index in [0.29, 0.717) is 42.8 Å². The summed E-state index contributed by atoms with van der Waals surface area (Å²) in [5, 5.41) is 21.2. The van der Waals surface area contributed by atoms with Gasteiger partial charge in [0.1, 0.15) is 41.5 Å². The number of aromatic hydroxyl groups is 1. The molecule has 4 rings (SSSR count). The second-order valence-electron chi connectivity index (χ2n) is 11.8. The standard InChI is InChI=1S/C35H41F2N7O5/c1-6-9-26-31(27(10-7-2)40-19-39-26)44-33(38)23(17-25(37)32(48)22(5)30-24(36)11-8-12-28(30)46)34(41-35(44)49)43-16-15-42(18-20(43)3)29(47)14-13-21(4)45/h8,11-14,17,19-20,32,46,48H,5-7,9-10,15-16,18,38H2,1-4H3/b14-13+,25-17+/t20-,32+/m0/s1. The van der Waals surface area contributed by atoms with Crippen LogP contribution in [0.3, 0.4) is 0 Å². The van der Waals surface area contributed by atoms with E-state index >= 15 is 4.39 Å². The number of carbonyl (C=O) groups excluding carboxylic acids is 2. The zero-order valence-corrected chi connectivity index (χ0v) is 28.0. The lowest BCUT2D eigenvalue weighted by Gasteiger charge is -2.41. The molecule has 2 aromatic heterocycles. The molecule has 1 saturated heterocycles. The molecule has 1 aliphatic rings. The number of nitrogens with two attached hydrogens (primary N) is 1. The minimum absolute atomic E-state index is 0.00902. The summed E-state index contributed by atoms with van der Waals surface area (Å²) in [6.45, 7) is 11.2. The fourth-order valence-electron chi connectivity index (χ4n) is 5.78. The molecule has 2 atom stereocenters. The maximum atomic E-state index is 16.1. The predicted molar refractivity (Wildman–Crippen MR) is 183 cm³/mol. The number of hydrogen-bond donors (Lipinski definition) is 3. The fraction of sp³-hybridized carbons (Fsp3) is 0.371. The van der Waals surface area contributed by atoms with Gasteiger partial charge in [-0.25, -0.2) is 28.1 Å². The van der Waals surface area contributed by atoms with Gasteiger partial charge in [-0.2, -0.15) is 4.98 Å². The Kier molecular flexibility index (Phi) is 11.8. The Labute approximate surface area is 282 Å². The number of anilines is 2. The predicted octanol–water partition coefficient (Wildman–Crippen LogP) is 3.92. The molecule has 0 radical (unpaired) electrons. The van der Waals surface area contributed by atoms with Gasteiger partial charge in [0.2, 0.25) is 5.91 Å². The highest BCUT2D eigenvalue weighted by atomic mass is 19.1. The summed E-state index contributed by atoms with van der Waals surface area (Å²) in [6.07, 6.45) is 4.93. The molecule has 0 aliphatic carbocycles. The highest BCUT2D eigenvalue weighted by Crippen LogP contribution is 2.35. The van der Waals surface area contributed by atoms with Gasteiger partial charge < -0.3 is 25.7 Å². The van der Waals surface area contributed by atoms with Crippen LogP contribution in [-0.2, 0) is 22.4 Å².